The van der Waals surface area contributed by atoms with Gasteiger partial charge in [0.15, 0.2) is 0 Å². The van der Waals surface area contributed by atoms with E-state index in [0.717, 1.165) is 32.1 Å². The van der Waals surface area contributed by atoms with Crippen LogP contribution in [0.2, 0.25) is 0 Å². The van der Waals surface area contributed by atoms with Crippen LogP contribution in [-0.4, -0.2) is 0 Å². The summed E-state index contributed by atoms with van der Waals surface area (Å²) >= 11 is 0. The first-order chi connectivity index (χ1) is 29.3. The van der Waals surface area contributed by atoms with E-state index in [0.29, 0.717) is 17.8 Å². The molecule has 9 aliphatic rings. The fourth-order valence-electron chi connectivity index (χ4n) is 13.0. The lowest BCUT2D eigenvalue weighted by molar-refractivity contribution is 0.421. The van der Waals surface area contributed by atoms with Gasteiger partial charge in [0.25, 0.3) is 0 Å². The Morgan fingerprint density at radius 3 is 2.32 bits per heavy atom. The maximum Gasteiger partial charge on any atom is 0.0460 e. The van der Waals surface area contributed by atoms with Gasteiger partial charge in [-0.1, -0.05) is 182 Å². The van der Waals surface area contributed by atoms with E-state index < -0.39 is 0 Å². The van der Waals surface area contributed by atoms with E-state index in [-0.39, 0.29) is 17.3 Å². The second-order valence-electron chi connectivity index (χ2n) is 17.8. The molecule has 59 heavy (non-hydrogen) atoms. The fourth-order valence-corrected chi connectivity index (χ4v) is 13.0. The SMILES string of the molecule is C1=CCC=CC=CC2C3=C(C=CC32C2=CCC3C4=C2C=CC=CC4C2=C(c4ccccc4)c4c(cc5c6c(cccc46)-c4ccccc4-5)C(C4=CCCC=C4)C23)CC=C1. The van der Waals surface area contributed by atoms with Gasteiger partial charge in [-0.3, -0.25) is 0 Å². The summed E-state index contributed by atoms with van der Waals surface area (Å²) < 4.78 is 0. The molecule has 0 heterocycles. The topological polar surface area (TPSA) is 0 Å². The van der Waals surface area contributed by atoms with Crippen LogP contribution in [0.1, 0.15) is 54.7 Å². The minimum Gasteiger partial charge on any atom is -0.0839 e. The van der Waals surface area contributed by atoms with Gasteiger partial charge in [0.1, 0.15) is 0 Å². The number of allylic oxidation sites excluding steroid dienone is 25. The van der Waals surface area contributed by atoms with Gasteiger partial charge < -0.3 is 0 Å². The van der Waals surface area contributed by atoms with Crippen molar-refractivity contribution in [1.82, 2.24) is 0 Å². The third-order valence-electron chi connectivity index (χ3n) is 15.1. The van der Waals surface area contributed by atoms with E-state index in [1.54, 1.807) is 22.3 Å². The summed E-state index contributed by atoms with van der Waals surface area (Å²) in [5, 5.41) is 2.83. The molecule has 0 saturated heterocycles. The smallest absolute Gasteiger partial charge is 0.0460 e. The zero-order valence-corrected chi connectivity index (χ0v) is 33.3. The summed E-state index contributed by atoms with van der Waals surface area (Å²) in [7, 11) is 0. The Kier molecular flexibility index (Phi) is 7.36. The lowest BCUT2D eigenvalue weighted by Crippen LogP contribution is -2.28. The van der Waals surface area contributed by atoms with Gasteiger partial charge in [0.05, 0.1) is 0 Å². The van der Waals surface area contributed by atoms with Crippen molar-refractivity contribution in [2.24, 2.45) is 29.1 Å². The zero-order valence-electron chi connectivity index (χ0n) is 33.3. The molecule has 6 unspecified atom stereocenters. The molecule has 4 aromatic carbocycles. The summed E-state index contributed by atoms with van der Waals surface area (Å²) in [4.78, 5) is 0. The van der Waals surface area contributed by atoms with Crippen molar-refractivity contribution in [3.05, 3.63) is 244 Å². The minimum atomic E-state index is -0.0622. The van der Waals surface area contributed by atoms with Crippen molar-refractivity contribution in [1.29, 1.82) is 0 Å². The largest absolute Gasteiger partial charge is 0.0839 e. The maximum absolute atomic E-state index is 2.71. The molecule has 0 bridgehead atoms. The van der Waals surface area contributed by atoms with Gasteiger partial charge in [-0.25, -0.2) is 0 Å². The van der Waals surface area contributed by atoms with Crippen molar-refractivity contribution in [2.75, 3.05) is 0 Å². The first-order valence-electron chi connectivity index (χ1n) is 22.1. The molecule has 0 heteroatoms. The normalized spacial score (nSPS) is 28.7. The Labute approximate surface area is 348 Å². The first kappa shape index (κ1) is 33.7. The van der Waals surface area contributed by atoms with Crippen LogP contribution in [0, 0.1) is 29.1 Å². The average Bonchev–Trinajstić information content (AvgIpc) is 3.46. The van der Waals surface area contributed by atoms with Gasteiger partial charge in [-0.05, 0) is 144 Å². The van der Waals surface area contributed by atoms with E-state index in [1.807, 2.05) is 0 Å². The van der Waals surface area contributed by atoms with Crippen LogP contribution in [0.5, 0.6) is 0 Å². The standard InChI is InChI=1S/C59H46/c1-2-4-6-14-31-50-58-39(24-9-5-3-1)34-35-59(50,58)49-33-32-46-54-43(49)27-17-18-28-45(54)57-52(38-22-12-8-13-23-38)55-44-30-19-29-42-40-25-15-16-26-41(40)47(53(42)44)36-48(55)51(56(46)57)37-20-10-7-11-21-37/h1,3-6,8-10,12-23,25-31,33-36,45-46,50-51,56H,2,7,11,24,32H2. The predicted molar refractivity (Wildman–Crippen MR) is 246 cm³/mol. The second kappa shape index (κ2) is 12.9. The van der Waals surface area contributed by atoms with E-state index in [9.17, 15) is 0 Å². The zero-order chi connectivity index (χ0) is 38.7. The molecule has 4 aromatic rings. The number of hydrogen-bond acceptors (Lipinski definition) is 0. The highest BCUT2D eigenvalue weighted by Crippen LogP contribution is 2.73. The van der Waals surface area contributed by atoms with Crippen LogP contribution < -0.4 is 0 Å². The molecule has 0 radical (unpaired) electrons. The molecule has 13 rings (SSSR count). The molecule has 2 fully saturated rings. The van der Waals surface area contributed by atoms with Gasteiger partial charge in [0, 0.05) is 23.2 Å². The highest BCUT2D eigenvalue weighted by molar-refractivity contribution is 6.19. The number of fused-ring (bicyclic) bond motifs is 9. The maximum atomic E-state index is 2.71. The van der Waals surface area contributed by atoms with Gasteiger partial charge in [0.2, 0.25) is 0 Å². The average molecular weight is 755 g/mol. The Hall–Kier alpha value is -6.24. The van der Waals surface area contributed by atoms with Gasteiger partial charge in [-0.2, -0.15) is 0 Å². The highest BCUT2D eigenvalue weighted by Gasteiger charge is 2.64. The van der Waals surface area contributed by atoms with E-state index in [4.69, 9.17) is 0 Å². The molecular formula is C59H46. The van der Waals surface area contributed by atoms with Crippen molar-refractivity contribution >= 4 is 16.3 Å². The molecule has 0 amide bonds. The molecule has 0 aromatic heterocycles. The number of benzene rings is 4. The Morgan fingerprint density at radius 2 is 1.44 bits per heavy atom. The first-order valence-corrected chi connectivity index (χ1v) is 22.1. The Bertz CT molecular complexity index is 2960. The van der Waals surface area contributed by atoms with Crippen molar-refractivity contribution < 1.29 is 0 Å². The van der Waals surface area contributed by atoms with Gasteiger partial charge in [-0.15, -0.1) is 0 Å². The van der Waals surface area contributed by atoms with Gasteiger partial charge >= 0.3 is 0 Å². The molecule has 0 nitrogen and oxygen atoms in total. The molecule has 0 aliphatic heterocycles. The van der Waals surface area contributed by atoms with Crippen LogP contribution in [0.25, 0.3) is 38.6 Å². The fraction of sp³-hybridized carbons (Fsp3) is 0.186. The van der Waals surface area contributed by atoms with Crippen molar-refractivity contribution in [3.63, 3.8) is 0 Å². The van der Waals surface area contributed by atoms with Crippen molar-refractivity contribution in [2.45, 2.75) is 38.0 Å². The molecule has 9 aliphatic carbocycles. The molecule has 6 atom stereocenters. The lowest BCUT2D eigenvalue weighted by Gasteiger charge is -2.40. The molecule has 282 valence electrons. The van der Waals surface area contributed by atoms with E-state index >= 15 is 0 Å². The summed E-state index contributed by atoms with van der Waals surface area (Å²) in [5.41, 5.74) is 22.2. The second-order valence-corrected chi connectivity index (χ2v) is 17.8. The Balaban J connectivity index is 1.07. The third-order valence-corrected chi connectivity index (χ3v) is 15.1. The van der Waals surface area contributed by atoms with Crippen LogP contribution in [0.15, 0.2) is 227 Å². The predicted octanol–water partition coefficient (Wildman–Crippen LogP) is 14.8. The lowest BCUT2D eigenvalue weighted by atomic mass is 9.63. The van der Waals surface area contributed by atoms with Crippen LogP contribution in [0.4, 0.5) is 0 Å². The van der Waals surface area contributed by atoms with Crippen molar-refractivity contribution in [3.8, 4) is 22.3 Å². The summed E-state index contributed by atoms with van der Waals surface area (Å²) in [5.74, 6) is 1.67. The summed E-state index contributed by atoms with van der Waals surface area (Å²) in [6.07, 6.45) is 48.7. The summed E-state index contributed by atoms with van der Waals surface area (Å²) in [6, 6.07) is 30.4. The van der Waals surface area contributed by atoms with Crippen LogP contribution in [0.3, 0.4) is 0 Å². The Morgan fingerprint density at radius 1 is 0.627 bits per heavy atom. The molecule has 2 saturated carbocycles. The third kappa shape index (κ3) is 4.66. The summed E-state index contributed by atoms with van der Waals surface area (Å²) in [6.45, 7) is 0. The van der Waals surface area contributed by atoms with Crippen LogP contribution in [-0.2, 0) is 0 Å². The van der Waals surface area contributed by atoms with Crippen LogP contribution >= 0.6 is 0 Å². The van der Waals surface area contributed by atoms with E-state index in [1.165, 1.54) is 72.0 Å². The quantitative estimate of drug-likeness (QED) is 0.172. The van der Waals surface area contributed by atoms with E-state index in [2.05, 4.69) is 188 Å². The minimum absolute atomic E-state index is 0.0622. The molecule has 0 spiro atoms. The molecular weight excluding hydrogens is 709 g/mol. The monoisotopic (exact) mass is 754 g/mol. The number of hydrogen-bond donors (Lipinski definition) is 0. The number of rotatable bonds is 3. The molecule has 0 N–H and O–H groups in total. The highest BCUT2D eigenvalue weighted by atomic mass is 14.7.